The van der Waals surface area contributed by atoms with Gasteiger partial charge in [-0.05, 0) is 50.2 Å². The van der Waals surface area contributed by atoms with Crippen molar-refractivity contribution >= 4 is 15.8 Å². The summed E-state index contributed by atoms with van der Waals surface area (Å²) in [5.74, 6) is 1.16. The van der Waals surface area contributed by atoms with E-state index in [1.165, 1.54) is 10.4 Å². The molecule has 8 nitrogen and oxygen atoms in total. The molecular weight excluding hydrogens is 445 g/mol. The second-order valence-electron chi connectivity index (χ2n) is 7.51. The standard InChI is InChI=1S/C20H21F3N6O2S/c1-14-12-15(2)29(26-14)19-7-6-18(24-25-19)27-8-10-28(11-9-27)32(30,31)17-5-3-4-16(13-17)20(21,22)23/h3-7,12-13H,8-11H2,1-2H3. The van der Waals surface area contributed by atoms with Crippen LogP contribution in [0.25, 0.3) is 5.82 Å². The van der Waals surface area contributed by atoms with Gasteiger partial charge in [0.05, 0.1) is 16.2 Å². The average Bonchev–Trinajstić information content (AvgIpc) is 3.11. The van der Waals surface area contributed by atoms with Gasteiger partial charge in [0.2, 0.25) is 10.0 Å². The molecule has 0 spiro atoms. The van der Waals surface area contributed by atoms with E-state index in [4.69, 9.17) is 0 Å². The van der Waals surface area contributed by atoms with E-state index in [9.17, 15) is 21.6 Å². The lowest BCUT2D eigenvalue weighted by molar-refractivity contribution is -0.137. The van der Waals surface area contributed by atoms with Crippen LogP contribution in [0, 0.1) is 13.8 Å². The minimum absolute atomic E-state index is 0.124. The number of piperazine rings is 1. The first-order valence-electron chi connectivity index (χ1n) is 9.85. The van der Waals surface area contributed by atoms with E-state index in [1.54, 1.807) is 16.8 Å². The van der Waals surface area contributed by atoms with Crippen molar-refractivity contribution in [1.82, 2.24) is 24.3 Å². The van der Waals surface area contributed by atoms with Crippen LogP contribution >= 0.6 is 0 Å². The summed E-state index contributed by atoms with van der Waals surface area (Å²) >= 11 is 0. The number of alkyl halides is 3. The van der Waals surface area contributed by atoms with Crippen molar-refractivity contribution < 1.29 is 21.6 Å². The summed E-state index contributed by atoms with van der Waals surface area (Å²) in [7, 11) is -4.04. The van der Waals surface area contributed by atoms with Crippen LogP contribution in [0.15, 0.2) is 47.4 Å². The molecule has 0 bridgehead atoms. The number of halogens is 3. The number of nitrogens with zero attached hydrogens (tertiary/aromatic N) is 6. The number of sulfonamides is 1. The molecule has 1 saturated heterocycles. The number of anilines is 1. The number of aryl methyl sites for hydroxylation is 2. The van der Waals surface area contributed by atoms with Crippen molar-refractivity contribution in [3.05, 3.63) is 59.4 Å². The molecule has 0 radical (unpaired) electrons. The lowest BCUT2D eigenvalue weighted by atomic mass is 10.2. The number of benzene rings is 1. The second kappa shape index (κ2) is 8.17. The molecule has 0 N–H and O–H groups in total. The maximum Gasteiger partial charge on any atom is 0.416 e. The summed E-state index contributed by atoms with van der Waals surface area (Å²) in [5, 5.41) is 12.8. The highest BCUT2D eigenvalue weighted by molar-refractivity contribution is 7.89. The molecular formula is C20H21F3N6O2S. The zero-order valence-corrected chi connectivity index (χ0v) is 18.2. The zero-order valence-electron chi connectivity index (χ0n) is 17.4. The first kappa shape index (κ1) is 22.2. The predicted octanol–water partition coefficient (Wildman–Crippen LogP) is 2.81. The third kappa shape index (κ3) is 4.32. The highest BCUT2D eigenvalue weighted by Gasteiger charge is 2.34. The first-order valence-corrected chi connectivity index (χ1v) is 11.3. The lowest BCUT2D eigenvalue weighted by Crippen LogP contribution is -2.49. The van der Waals surface area contributed by atoms with Gasteiger partial charge >= 0.3 is 6.18 Å². The number of hydrogen-bond donors (Lipinski definition) is 0. The molecule has 0 unspecified atom stereocenters. The van der Waals surface area contributed by atoms with E-state index in [0.29, 0.717) is 30.8 Å². The number of rotatable bonds is 4. The zero-order chi connectivity index (χ0) is 23.1. The van der Waals surface area contributed by atoms with Crippen molar-refractivity contribution in [3.63, 3.8) is 0 Å². The fraction of sp³-hybridized carbons (Fsp3) is 0.350. The highest BCUT2D eigenvalue weighted by atomic mass is 32.2. The van der Waals surface area contributed by atoms with Gasteiger partial charge in [-0.15, -0.1) is 10.2 Å². The molecule has 3 aromatic rings. The van der Waals surface area contributed by atoms with Gasteiger partial charge in [0.15, 0.2) is 11.6 Å². The molecule has 0 atom stereocenters. The molecule has 12 heteroatoms. The third-order valence-corrected chi connectivity index (χ3v) is 7.12. The van der Waals surface area contributed by atoms with Crippen LogP contribution in [0.1, 0.15) is 17.0 Å². The van der Waals surface area contributed by atoms with Crippen LogP contribution in [0.2, 0.25) is 0 Å². The van der Waals surface area contributed by atoms with Gasteiger partial charge in [0.1, 0.15) is 0 Å². The summed E-state index contributed by atoms with van der Waals surface area (Å²) in [6, 6.07) is 9.31. The van der Waals surface area contributed by atoms with E-state index < -0.39 is 21.8 Å². The smallest absolute Gasteiger partial charge is 0.352 e. The summed E-state index contributed by atoms with van der Waals surface area (Å²) in [6.45, 7) is 4.73. The first-order chi connectivity index (χ1) is 15.1. The van der Waals surface area contributed by atoms with Crippen molar-refractivity contribution in [1.29, 1.82) is 0 Å². The van der Waals surface area contributed by atoms with E-state index in [2.05, 4.69) is 15.3 Å². The Morgan fingerprint density at radius 1 is 0.906 bits per heavy atom. The molecule has 32 heavy (non-hydrogen) atoms. The molecule has 170 valence electrons. The minimum atomic E-state index is -4.61. The Balaban J connectivity index is 1.45. The van der Waals surface area contributed by atoms with Gasteiger partial charge in [-0.1, -0.05) is 6.07 Å². The minimum Gasteiger partial charge on any atom is -0.352 e. The van der Waals surface area contributed by atoms with Crippen LogP contribution in [-0.4, -0.2) is 58.9 Å². The Kier molecular flexibility index (Phi) is 5.67. The van der Waals surface area contributed by atoms with Crippen LogP contribution in [0.3, 0.4) is 0 Å². The lowest BCUT2D eigenvalue weighted by Gasteiger charge is -2.34. The summed E-state index contributed by atoms with van der Waals surface area (Å²) in [5.41, 5.74) is 0.805. The Morgan fingerprint density at radius 3 is 2.12 bits per heavy atom. The fourth-order valence-corrected chi connectivity index (χ4v) is 5.07. The largest absolute Gasteiger partial charge is 0.416 e. The van der Waals surface area contributed by atoms with Gasteiger partial charge in [-0.3, -0.25) is 0 Å². The van der Waals surface area contributed by atoms with Gasteiger partial charge in [-0.25, -0.2) is 13.1 Å². The maximum absolute atomic E-state index is 13.0. The number of hydrogen-bond acceptors (Lipinski definition) is 6. The van der Waals surface area contributed by atoms with Crippen LogP contribution < -0.4 is 4.90 Å². The molecule has 1 aliphatic heterocycles. The van der Waals surface area contributed by atoms with Gasteiger partial charge in [-0.2, -0.15) is 22.6 Å². The van der Waals surface area contributed by atoms with Gasteiger partial charge in [0.25, 0.3) is 0 Å². The molecule has 2 aromatic heterocycles. The number of aromatic nitrogens is 4. The molecule has 0 saturated carbocycles. The van der Waals surface area contributed by atoms with Crippen LogP contribution in [0.5, 0.6) is 0 Å². The normalized spacial score (nSPS) is 15.8. The monoisotopic (exact) mass is 466 g/mol. The quantitative estimate of drug-likeness (QED) is 0.588. The summed E-state index contributed by atoms with van der Waals surface area (Å²) in [6.07, 6.45) is -4.61. The average molecular weight is 466 g/mol. The molecule has 0 aliphatic carbocycles. The van der Waals surface area contributed by atoms with Crippen molar-refractivity contribution in [2.75, 3.05) is 31.1 Å². The van der Waals surface area contributed by atoms with E-state index in [-0.39, 0.29) is 18.0 Å². The topological polar surface area (TPSA) is 84.2 Å². The second-order valence-corrected chi connectivity index (χ2v) is 9.44. The molecule has 1 fully saturated rings. The SMILES string of the molecule is Cc1cc(C)n(-c2ccc(N3CCN(S(=O)(=O)c4cccc(C(F)(F)F)c4)CC3)nn2)n1. The Hall–Kier alpha value is -2.99. The highest BCUT2D eigenvalue weighted by Crippen LogP contribution is 2.31. The summed E-state index contributed by atoms with van der Waals surface area (Å²) in [4.78, 5) is 1.52. The van der Waals surface area contributed by atoms with Crippen LogP contribution in [0.4, 0.5) is 19.0 Å². The molecule has 0 amide bonds. The van der Waals surface area contributed by atoms with Gasteiger partial charge < -0.3 is 4.90 Å². The van der Waals surface area contributed by atoms with Crippen molar-refractivity contribution in [3.8, 4) is 5.82 Å². The van der Waals surface area contributed by atoms with E-state index in [0.717, 1.165) is 23.5 Å². The van der Waals surface area contributed by atoms with Crippen LogP contribution in [-0.2, 0) is 16.2 Å². The van der Waals surface area contributed by atoms with E-state index >= 15 is 0 Å². The fourth-order valence-electron chi connectivity index (χ4n) is 3.60. The molecule has 1 aliphatic rings. The predicted molar refractivity (Wildman–Crippen MR) is 111 cm³/mol. The third-order valence-electron chi connectivity index (χ3n) is 5.22. The van der Waals surface area contributed by atoms with E-state index in [1.807, 2.05) is 24.8 Å². The Morgan fingerprint density at radius 2 is 1.56 bits per heavy atom. The van der Waals surface area contributed by atoms with Crippen molar-refractivity contribution in [2.24, 2.45) is 0 Å². The molecule has 4 rings (SSSR count). The maximum atomic E-state index is 13.0. The molecule has 3 heterocycles. The molecule has 1 aromatic carbocycles. The van der Waals surface area contributed by atoms with Crippen molar-refractivity contribution in [2.45, 2.75) is 24.9 Å². The van der Waals surface area contributed by atoms with Gasteiger partial charge in [0, 0.05) is 31.9 Å². The Bertz CT molecular complexity index is 1220. The summed E-state index contributed by atoms with van der Waals surface area (Å²) < 4.78 is 67.5. The Labute approximate surface area is 183 Å².